The maximum Gasteiger partial charge on any atom is 0.348 e. The van der Waals surface area contributed by atoms with E-state index in [9.17, 15) is 25.0 Å². The second-order valence-corrected chi connectivity index (χ2v) is 5.53. The Morgan fingerprint density at radius 2 is 1.89 bits per heavy atom. The van der Waals surface area contributed by atoms with Crippen LogP contribution in [0.15, 0.2) is 53.3 Å². The van der Waals surface area contributed by atoms with Gasteiger partial charge in [0, 0.05) is 12.3 Å². The number of allylic oxidation sites excluding steroid dienone is 4. The number of carbonyl (C=O) groups excluding carboxylic acids is 1. The number of anilines is 1. The minimum Gasteiger partial charge on any atom is -0.462 e. The Bertz CT molecular complexity index is 924. The van der Waals surface area contributed by atoms with Crippen LogP contribution < -0.4 is 5.32 Å². The Morgan fingerprint density at radius 3 is 2.43 bits per heavy atom. The van der Waals surface area contributed by atoms with Gasteiger partial charge in [0.2, 0.25) is 0 Å². The Hall–Kier alpha value is -4.00. The van der Waals surface area contributed by atoms with Crippen molar-refractivity contribution in [3.05, 3.63) is 73.5 Å². The van der Waals surface area contributed by atoms with E-state index in [4.69, 9.17) is 10.00 Å². The number of hydrogen-bond donors (Lipinski definition) is 1. The summed E-state index contributed by atoms with van der Waals surface area (Å²) in [6.45, 7) is 5.14. The van der Waals surface area contributed by atoms with E-state index in [0.29, 0.717) is 11.1 Å². The number of nitro groups is 2. The average Bonchev–Trinajstić information content (AvgIpc) is 2.64. The summed E-state index contributed by atoms with van der Waals surface area (Å²) in [6.07, 6.45) is 4.46. The first-order chi connectivity index (χ1) is 13.2. The topological polar surface area (TPSA) is 148 Å². The van der Waals surface area contributed by atoms with Crippen molar-refractivity contribution in [1.29, 1.82) is 5.26 Å². The minimum atomic E-state index is -0.723. The predicted octanol–water partition coefficient (Wildman–Crippen LogP) is 3.78. The largest absolute Gasteiger partial charge is 0.462 e. The van der Waals surface area contributed by atoms with Crippen molar-refractivity contribution < 1.29 is 19.4 Å². The molecule has 0 saturated heterocycles. The third-order valence-electron chi connectivity index (χ3n) is 3.29. The smallest absolute Gasteiger partial charge is 0.348 e. The van der Waals surface area contributed by atoms with Gasteiger partial charge in [-0.15, -0.1) is 0 Å². The van der Waals surface area contributed by atoms with Crippen LogP contribution in [0.2, 0.25) is 0 Å². The van der Waals surface area contributed by atoms with Gasteiger partial charge in [0.25, 0.3) is 11.4 Å². The van der Waals surface area contributed by atoms with Crippen LogP contribution in [0.5, 0.6) is 0 Å². The highest BCUT2D eigenvalue weighted by Gasteiger charge is 2.18. The van der Waals surface area contributed by atoms with E-state index < -0.39 is 21.5 Å². The van der Waals surface area contributed by atoms with Crippen LogP contribution in [-0.4, -0.2) is 22.4 Å². The van der Waals surface area contributed by atoms with Crippen LogP contribution in [0.3, 0.4) is 0 Å². The molecule has 0 amide bonds. The summed E-state index contributed by atoms with van der Waals surface area (Å²) >= 11 is 0. The molecule has 0 unspecified atom stereocenters. The zero-order valence-electron chi connectivity index (χ0n) is 15.5. The lowest BCUT2D eigenvalue weighted by molar-refractivity contribution is -0.393. The van der Waals surface area contributed by atoms with Crippen LogP contribution in [0.4, 0.5) is 17.1 Å². The lowest BCUT2D eigenvalue weighted by Gasteiger charge is -2.04. The molecular formula is C18H18N4O6. The Kier molecular flexibility index (Phi) is 8.05. The molecule has 10 nitrogen and oxygen atoms in total. The normalized spacial score (nSPS) is 12.1. The number of ether oxygens (including phenoxy) is 1. The molecule has 0 aromatic heterocycles. The van der Waals surface area contributed by atoms with Gasteiger partial charge in [0.05, 0.1) is 22.5 Å². The zero-order chi connectivity index (χ0) is 21.3. The molecule has 0 heterocycles. The number of nitrogens with zero attached hydrogens (tertiary/aromatic N) is 3. The summed E-state index contributed by atoms with van der Waals surface area (Å²) in [4.78, 5) is 32.0. The second kappa shape index (κ2) is 10.2. The van der Waals surface area contributed by atoms with Gasteiger partial charge in [-0.1, -0.05) is 6.08 Å². The summed E-state index contributed by atoms with van der Waals surface area (Å²) in [6, 6.07) is 5.03. The van der Waals surface area contributed by atoms with E-state index in [1.807, 2.05) is 0 Å². The molecule has 1 rings (SSSR count). The van der Waals surface area contributed by atoms with Crippen LogP contribution in [0, 0.1) is 31.6 Å². The number of nitrogens with one attached hydrogen (secondary N) is 1. The number of esters is 1. The van der Waals surface area contributed by atoms with Gasteiger partial charge in [0.1, 0.15) is 17.3 Å². The highest BCUT2D eigenvalue weighted by atomic mass is 16.6. The Morgan fingerprint density at radius 1 is 1.21 bits per heavy atom. The molecule has 146 valence electrons. The average molecular weight is 386 g/mol. The minimum absolute atomic E-state index is 0.0841. The molecule has 0 atom stereocenters. The molecule has 0 aliphatic carbocycles. The highest BCUT2D eigenvalue weighted by molar-refractivity contribution is 5.93. The number of hydrogen-bond acceptors (Lipinski definition) is 8. The summed E-state index contributed by atoms with van der Waals surface area (Å²) in [7, 11) is 0. The lowest BCUT2D eigenvalue weighted by Crippen LogP contribution is -2.06. The fraction of sp³-hybridized carbons (Fsp3) is 0.222. The summed E-state index contributed by atoms with van der Waals surface area (Å²) < 4.78 is 4.77. The van der Waals surface area contributed by atoms with Crippen molar-refractivity contribution in [2.75, 3.05) is 11.9 Å². The van der Waals surface area contributed by atoms with E-state index in [0.717, 1.165) is 12.1 Å². The maximum absolute atomic E-state index is 11.6. The Labute approximate surface area is 160 Å². The monoisotopic (exact) mass is 386 g/mol. The number of nitriles is 1. The fourth-order valence-corrected chi connectivity index (χ4v) is 2.11. The van der Waals surface area contributed by atoms with Gasteiger partial charge >= 0.3 is 5.97 Å². The van der Waals surface area contributed by atoms with Crippen LogP contribution >= 0.6 is 0 Å². The molecule has 0 fully saturated rings. The zero-order valence-corrected chi connectivity index (χ0v) is 15.5. The molecule has 0 aliphatic heterocycles. The van der Waals surface area contributed by atoms with E-state index in [1.165, 1.54) is 18.3 Å². The van der Waals surface area contributed by atoms with Crippen molar-refractivity contribution in [3.63, 3.8) is 0 Å². The molecule has 0 saturated carbocycles. The van der Waals surface area contributed by atoms with Gasteiger partial charge in [-0.2, -0.15) is 5.26 Å². The molecule has 1 aromatic carbocycles. The molecule has 0 spiro atoms. The molecule has 0 bridgehead atoms. The summed E-state index contributed by atoms with van der Waals surface area (Å²) in [5, 5.41) is 33.6. The molecule has 1 N–H and O–H groups in total. The van der Waals surface area contributed by atoms with Gasteiger partial charge < -0.3 is 10.1 Å². The van der Waals surface area contributed by atoms with Gasteiger partial charge in [-0.25, -0.2) is 4.79 Å². The van der Waals surface area contributed by atoms with E-state index in [1.54, 1.807) is 32.9 Å². The first-order valence-corrected chi connectivity index (χ1v) is 8.03. The first-order valence-electron chi connectivity index (χ1n) is 8.03. The van der Waals surface area contributed by atoms with Crippen molar-refractivity contribution in [3.8, 4) is 6.07 Å². The van der Waals surface area contributed by atoms with Crippen molar-refractivity contribution in [2.24, 2.45) is 0 Å². The molecule has 0 aliphatic rings. The van der Waals surface area contributed by atoms with Gasteiger partial charge in [0.15, 0.2) is 0 Å². The number of benzene rings is 1. The predicted molar refractivity (Wildman–Crippen MR) is 101 cm³/mol. The SMILES string of the molecule is CCOC(=O)/C(C#N)=C/C(C)=C/C(C)=C\Nc1ccc([N+](=O)[O-])cc1[N+](=O)[O-]. The second-order valence-electron chi connectivity index (χ2n) is 5.53. The molecule has 28 heavy (non-hydrogen) atoms. The number of nitro benzene ring substituents is 2. The van der Waals surface area contributed by atoms with Crippen LogP contribution in [0.1, 0.15) is 20.8 Å². The lowest BCUT2D eigenvalue weighted by atomic mass is 10.1. The maximum atomic E-state index is 11.6. The Balaban J connectivity index is 3.05. The molecular weight excluding hydrogens is 368 g/mol. The third-order valence-corrected chi connectivity index (χ3v) is 3.29. The summed E-state index contributed by atoms with van der Waals surface area (Å²) in [5.41, 5.74) is 0.318. The van der Waals surface area contributed by atoms with Crippen molar-refractivity contribution in [2.45, 2.75) is 20.8 Å². The first kappa shape index (κ1) is 22.0. The third kappa shape index (κ3) is 6.38. The molecule has 0 radical (unpaired) electrons. The quantitative estimate of drug-likeness (QED) is 0.177. The number of rotatable bonds is 8. The van der Waals surface area contributed by atoms with E-state index >= 15 is 0 Å². The summed E-state index contributed by atoms with van der Waals surface area (Å²) in [5.74, 6) is -0.723. The molecule has 1 aromatic rings. The van der Waals surface area contributed by atoms with Crippen molar-refractivity contribution in [1.82, 2.24) is 0 Å². The van der Waals surface area contributed by atoms with Crippen LogP contribution in [0.25, 0.3) is 0 Å². The van der Waals surface area contributed by atoms with Gasteiger partial charge in [-0.05, 0) is 44.1 Å². The fourth-order valence-electron chi connectivity index (χ4n) is 2.11. The van der Waals surface area contributed by atoms with E-state index in [2.05, 4.69) is 5.32 Å². The number of carbonyl (C=O) groups is 1. The van der Waals surface area contributed by atoms with Gasteiger partial charge in [-0.3, -0.25) is 20.2 Å². The van der Waals surface area contributed by atoms with E-state index in [-0.39, 0.29) is 23.6 Å². The van der Waals surface area contributed by atoms with Crippen molar-refractivity contribution >= 4 is 23.0 Å². The number of non-ortho nitro benzene ring substituents is 1. The molecule has 10 heteroatoms. The highest BCUT2D eigenvalue weighted by Crippen LogP contribution is 2.29. The van der Waals surface area contributed by atoms with Crippen LogP contribution in [-0.2, 0) is 9.53 Å². The standard InChI is InChI=1S/C18H18N4O6/c1-4-28-18(23)14(10-19)8-12(2)7-13(3)11-20-16-6-5-15(21(24)25)9-17(16)22(26)27/h5-9,11,20H,4H2,1-3H3/b12-7+,13-11-,14-8+.